The van der Waals surface area contributed by atoms with Crippen LogP contribution in [-0.2, 0) is 17.5 Å². The number of nitrogens with zero attached hydrogens (tertiary/aromatic N) is 1. The number of Topliss-reactive ketones (excluding diaryl/α,β-unsaturated/α-hetero) is 1. The average molecular weight is 532 g/mol. The Hall–Kier alpha value is -2.22. The second-order valence-corrected chi connectivity index (χ2v) is 9.62. The van der Waals surface area contributed by atoms with E-state index in [2.05, 4.69) is 5.32 Å². The zero-order valence-electron chi connectivity index (χ0n) is 17.8. The molecule has 1 fully saturated rings. The molecule has 4 nitrogen and oxygen atoms in total. The van der Waals surface area contributed by atoms with E-state index in [1.807, 2.05) is 0 Å². The number of rotatable bonds is 5. The first-order valence-electron chi connectivity index (χ1n) is 10.7. The fourth-order valence-corrected chi connectivity index (χ4v) is 5.09. The molecule has 4 rings (SSSR count). The van der Waals surface area contributed by atoms with Crippen molar-refractivity contribution in [3.05, 3.63) is 68.3 Å². The summed E-state index contributed by atoms with van der Waals surface area (Å²) in [6.45, 7) is -0.291. The molecule has 3 aromatic rings. The molecule has 1 amide bonds. The molecule has 0 aliphatic heterocycles. The van der Waals surface area contributed by atoms with Gasteiger partial charge in [-0.15, -0.1) is 0 Å². The van der Waals surface area contributed by atoms with Crippen LogP contribution in [0.25, 0.3) is 10.9 Å². The van der Waals surface area contributed by atoms with E-state index in [4.69, 9.17) is 34.8 Å². The van der Waals surface area contributed by atoms with Gasteiger partial charge in [-0.25, -0.2) is 0 Å². The van der Waals surface area contributed by atoms with Gasteiger partial charge in [0.05, 0.1) is 5.56 Å². The summed E-state index contributed by atoms with van der Waals surface area (Å²) in [6.07, 6.45) is -0.743. The summed E-state index contributed by atoms with van der Waals surface area (Å²) in [5, 5.41) is 3.23. The second kappa shape index (κ2) is 9.80. The number of amides is 1. The molecule has 34 heavy (non-hydrogen) atoms. The second-order valence-electron chi connectivity index (χ2n) is 8.34. The number of carbonyl (C=O) groups is 2. The highest BCUT2D eigenvalue weighted by Gasteiger charge is 2.43. The monoisotopic (exact) mass is 530 g/mol. The van der Waals surface area contributed by atoms with E-state index in [-0.39, 0.29) is 33.5 Å². The van der Waals surface area contributed by atoms with Crippen molar-refractivity contribution in [2.24, 2.45) is 0 Å². The highest BCUT2D eigenvalue weighted by Crippen LogP contribution is 2.40. The number of hydrogen-bond donors (Lipinski definition) is 1. The third-order valence-corrected chi connectivity index (χ3v) is 6.83. The molecule has 180 valence electrons. The molecule has 1 aliphatic rings. The van der Waals surface area contributed by atoms with Crippen molar-refractivity contribution < 1.29 is 22.8 Å². The normalized spacial score (nSPS) is 15.0. The number of halogens is 6. The van der Waals surface area contributed by atoms with Gasteiger partial charge < -0.3 is 9.88 Å². The summed E-state index contributed by atoms with van der Waals surface area (Å²) >= 11 is 18.2. The molecule has 0 unspecified atom stereocenters. The highest BCUT2D eigenvalue weighted by molar-refractivity contribution is 6.45. The lowest BCUT2D eigenvalue weighted by Gasteiger charge is -2.22. The molecular formula is C24H20Cl3F3N2O2. The Morgan fingerprint density at radius 3 is 2.26 bits per heavy atom. The summed E-state index contributed by atoms with van der Waals surface area (Å²) in [5.74, 6) is -2.30. The number of hydrogen-bond acceptors (Lipinski definition) is 2. The molecule has 0 saturated heterocycles. The van der Waals surface area contributed by atoms with E-state index >= 15 is 0 Å². The maximum Gasteiger partial charge on any atom is 0.432 e. The number of benzene rings is 2. The van der Waals surface area contributed by atoms with Crippen LogP contribution in [0.4, 0.5) is 13.2 Å². The Morgan fingerprint density at radius 1 is 0.971 bits per heavy atom. The topological polar surface area (TPSA) is 51.1 Å². The largest absolute Gasteiger partial charge is 0.432 e. The first-order chi connectivity index (χ1) is 16.1. The molecule has 0 atom stereocenters. The van der Waals surface area contributed by atoms with Crippen molar-refractivity contribution in [1.29, 1.82) is 0 Å². The van der Waals surface area contributed by atoms with Gasteiger partial charge >= 0.3 is 6.18 Å². The molecule has 1 aliphatic carbocycles. The van der Waals surface area contributed by atoms with Gasteiger partial charge in [-0.1, -0.05) is 60.1 Å². The van der Waals surface area contributed by atoms with Crippen LogP contribution in [0.15, 0.2) is 36.4 Å². The highest BCUT2D eigenvalue weighted by atomic mass is 35.5. The van der Waals surface area contributed by atoms with Crippen LogP contribution in [0, 0.1) is 0 Å². The molecular weight excluding hydrogens is 512 g/mol. The van der Waals surface area contributed by atoms with E-state index < -0.39 is 29.1 Å². The van der Waals surface area contributed by atoms with Gasteiger partial charge in [0.1, 0.15) is 5.69 Å². The molecule has 2 aromatic carbocycles. The Morgan fingerprint density at radius 2 is 1.62 bits per heavy atom. The van der Waals surface area contributed by atoms with Gasteiger partial charge in [-0.2, -0.15) is 13.2 Å². The zero-order valence-corrected chi connectivity index (χ0v) is 20.1. The van der Waals surface area contributed by atoms with Gasteiger partial charge in [0.2, 0.25) is 0 Å². The standard InChI is InChI=1S/C24H20Cl3F3N2O2/c25-14-8-9-19-17(10-14)20(21(33)23(34)31-16-4-2-1-3-5-16)22(24(28,29)30)32(19)12-13-6-7-15(26)11-18(13)27/h6-11,16H,1-5,12H2,(H,31,34). The lowest BCUT2D eigenvalue weighted by molar-refractivity contribution is -0.143. The quantitative estimate of drug-likeness (QED) is 0.277. The number of aromatic nitrogens is 1. The molecule has 1 aromatic heterocycles. The van der Waals surface area contributed by atoms with Gasteiger partial charge in [0.25, 0.3) is 11.7 Å². The van der Waals surface area contributed by atoms with Gasteiger partial charge in [0.15, 0.2) is 0 Å². The third-order valence-electron chi connectivity index (χ3n) is 6.01. The summed E-state index contributed by atoms with van der Waals surface area (Å²) in [5.41, 5.74) is -1.46. The molecule has 0 bridgehead atoms. The van der Waals surface area contributed by atoms with Crippen LogP contribution < -0.4 is 5.32 Å². The lowest BCUT2D eigenvalue weighted by atomic mass is 9.95. The summed E-state index contributed by atoms with van der Waals surface area (Å²) in [4.78, 5) is 25.9. The Bertz CT molecular complexity index is 1260. The van der Waals surface area contributed by atoms with Crippen LogP contribution >= 0.6 is 34.8 Å². The number of fused-ring (bicyclic) bond motifs is 1. The molecule has 1 heterocycles. The summed E-state index contributed by atoms with van der Waals surface area (Å²) in [7, 11) is 0. The molecule has 0 radical (unpaired) electrons. The molecule has 10 heteroatoms. The minimum Gasteiger partial charge on any atom is -0.346 e. The van der Waals surface area contributed by atoms with Crippen LogP contribution in [0.2, 0.25) is 15.1 Å². The van der Waals surface area contributed by atoms with E-state index in [1.165, 1.54) is 36.4 Å². The molecule has 1 saturated carbocycles. The van der Waals surface area contributed by atoms with Crippen molar-refractivity contribution in [2.75, 3.05) is 0 Å². The van der Waals surface area contributed by atoms with Crippen LogP contribution in [0.5, 0.6) is 0 Å². The third kappa shape index (κ3) is 5.07. The zero-order chi connectivity index (χ0) is 24.6. The van der Waals surface area contributed by atoms with Crippen LogP contribution in [0.1, 0.15) is 53.7 Å². The fourth-order valence-electron chi connectivity index (χ4n) is 4.45. The van der Waals surface area contributed by atoms with Crippen molar-refractivity contribution in [3.63, 3.8) is 0 Å². The summed E-state index contributed by atoms with van der Waals surface area (Å²) in [6, 6.07) is 8.33. The van der Waals surface area contributed by atoms with Crippen molar-refractivity contribution in [3.8, 4) is 0 Å². The predicted octanol–water partition coefficient (Wildman–Crippen LogP) is 7.30. The maximum atomic E-state index is 14.4. The fraction of sp³-hybridized carbons (Fsp3) is 0.333. The Labute approximate surface area is 209 Å². The number of nitrogens with one attached hydrogen (secondary N) is 1. The average Bonchev–Trinajstić information content (AvgIpc) is 3.09. The SMILES string of the molecule is O=C(NC1CCCCC1)C(=O)c1c(C(F)(F)F)n(Cc2ccc(Cl)cc2Cl)c2ccc(Cl)cc12. The van der Waals surface area contributed by atoms with E-state index in [1.54, 1.807) is 0 Å². The first-order valence-corrected chi connectivity index (χ1v) is 11.9. The molecule has 0 spiro atoms. The summed E-state index contributed by atoms with van der Waals surface area (Å²) < 4.78 is 44.2. The smallest absolute Gasteiger partial charge is 0.346 e. The van der Waals surface area contributed by atoms with E-state index in [0.717, 1.165) is 23.8 Å². The van der Waals surface area contributed by atoms with Crippen LogP contribution in [0.3, 0.4) is 0 Å². The van der Waals surface area contributed by atoms with Crippen molar-refractivity contribution >= 4 is 57.4 Å². The maximum absolute atomic E-state index is 14.4. The van der Waals surface area contributed by atoms with Crippen molar-refractivity contribution in [2.45, 2.75) is 50.9 Å². The number of ketones is 1. The van der Waals surface area contributed by atoms with E-state index in [9.17, 15) is 22.8 Å². The van der Waals surface area contributed by atoms with E-state index in [0.29, 0.717) is 23.4 Å². The van der Waals surface area contributed by atoms with Crippen molar-refractivity contribution in [1.82, 2.24) is 9.88 Å². The molecule has 1 N–H and O–H groups in total. The van der Waals surface area contributed by atoms with Gasteiger partial charge in [-0.3, -0.25) is 9.59 Å². The number of carbonyl (C=O) groups excluding carboxylic acids is 2. The Kier molecular flexibility index (Phi) is 7.17. The Balaban J connectivity index is 1.85. The lowest BCUT2D eigenvalue weighted by Crippen LogP contribution is -2.40. The first kappa shape index (κ1) is 24.9. The minimum atomic E-state index is -4.93. The van der Waals surface area contributed by atoms with Gasteiger partial charge in [-0.05, 0) is 48.7 Å². The van der Waals surface area contributed by atoms with Crippen LogP contribution in [-0.4, -0.2) is 22.3 Å². The number of alkyl halides is 3. The predicted molar refractivity (Wildman–Crippen MR) is 127 cm³/mol. The van der Waals surface area contributed by atoms with Gasteiger partial charge in [0, 0.05) is 38.6 Å². The minimum absolute atomic E-state index is 0.0475.